The lowest BCUT2D eigenvalue weighted by Crippen LogP contribution is -2.11. The summed E-state index contributed by atoms with van der Waals surface area (Å²) in [6, 6.07) is 1.50. The molecule has 0 radical (unpaired) electrons. The van der Waals surface area contributed by atoms with Gasteiger partial charge in [0.1, 0.15) is 0 Å². The van der Waals surface area contributed by atoms with Crippen molar-refractivity contribution < 1.29 is 13.2 Å². The number of rotatable bonds is 5. The van der Waals surface area contributed by atoms with Gasteiger partial charge in [-0.3, -0.25) is 0 Å². The van der Waals surface area contributed by atoms with Gasteiger partial charge in [-0.05, 0) is 24.1 Å². The third kappa shape index (κ3) is 3.23. The molecule has 0 fully saturated rings. The van der Waals surface area contributed by atoms with Crippen LogP contribution < -0.4 is 5.73 Å². The lowest BCUT2D eigenvalue weighted by Gasteiger charge is -2.12. The molecule has 0 aliphatic carbocycles. The van der Waals surface area contributed by atoms with E-state index in [0.29, 0.717) is 12.0 Å². The summed E-state index contributed by atoms with van der Waals surface area (Å²) in [5, 5.41) is 0. The summed E-state index contributed by atoms with van der Waals surface area (Å²) < 4.78 is 38.5. The summed E-state index contributed by atoms with van der Waals surface area (Å²) in [6.45, 7) is 2.06. The second-order valence-electron chi connectivity index (χ2n) is 3.90. The summed E-state index contributed by atoms with van der Waals surface area (Å²) in [5.41, 5.74) is 6.08. The van der Waals surface area contributed by atoms with Crippen LogP contribution in [0.3, 0.4) is 0 Å². The van der Waals surface area contributed by atoms with Crippen molar-refractivity contribution in [3.63, 3.8) is 0 Å². The van der Waals surface area contributed by atoms with Gasteiger partial charge in [0.2, 0.25) is 0 Å². The third-order valence-electron chi connectivity index (χ3n) is 2.55. The molecule has 1 aromatic rings. The van der Waals surface area contributed by atoms with Crippen LogP contribution in [0, 0.1) is 17.5 Å². The highest BCUT2D eigenvalue weighted by Crippen LogP contribution is 2.21. The van der Waals surface area contributed by atoms with Crippen molar-refractivity contribution in [3.8, 4) is 0 Å². The highest BCUT2D eigenvalue weighted by atomic mass is 19.2. The van der Waals surface area contributed by atoms with E-state index in [1.54, 1.807) is 0 Å². The predicted octanol–water partition coefficient (Wildman–Crippen LogP) is 3.68. The molecule has 0 spiro atoms. The van der Waals surface area contributed by atoms with Crippen molar-refractivity contribution >= 4 is 0 Å². The first-order chi connectivity index (χ1) is 7.56. The van der Waals surface area contributed by atoms with Crippen molar-refractivity contribution in [2.75, 3.05) is 0 Å². The summed E-state index contributed by atoms with van der Waals surface area (Å²) in [6.07, 6.45) is 3.63. The number of nitrogens with two attached hydrogens (primary N) is 1. The van der Waals surface area contributed by atoms with E-state index in [-0.39, 0.29) is 0 Å². The number of halogens is 3. The van der Waals surface area contributed by atoms with Gasteiger partial charge in [0, 0.05) is 6.04 Å². The Morgan fingerprint density at radius 2 is 1.69 bits per heavy atom. The summed E-state index contributed by atoms with van der Waals surface area (Å²) in [7, 11) is 0. The molecule has 0 bridgehead atoms. The van der Waals surface area contributed by atoms with Gasteiger partial charge in [-0.25, -0.2) is 13.2 Å². The van der Waals surface area contributed by atoms with Gasteiger partial charge < -0.3 is 5.73 Å². The van der Waals surface area contributed by atoms with Crippen LogP contribution in [-0.2, 0) is 0 Å². The van der Waals surface area contributed by atoms with E-state index in [9.17, 15) is 13.2 Å². The zero-order chi connectivity index (χ0) is 12.1. The standard InChI is InChI=1S/C12H16F3N/c1-2-3-4-5-11(16)8-6-9(13)12(15)10(14)7-8/h6-7,11H,2-5,16H2,1H3. The lowest BCUT2D eigenvalue weighted by molar-refractivity contribution is 0.442. The Kier molecular flexibility index (Phi) is 4.80. The van der Waals surface area contributed by atoms with E-state index in [4.69, 9.17) is 5.73 Å². The van der Waals surface area contributed by atoms with Gasteiger partial charge in [-0.1, -0.05) is 26.2 Å². The predicted molar refractivity (Wildman–Crippen MR) is 57.4 cm³/mol. The minimum absolute atomic E-state index is 0.313. The second-order valence-corrected chi connectivity index (χ2v) is 3.90. The molecule has 1 rings (SSSR count). The van der Waals surface area contributed by atoms with Crippen LogP contribution in [0.1, 0.15) is 44.2 Å². The van der Waals surface area contributed by atoms with Crippen molar-refractivity contribution in [1.29, 1.82) is 0 Å². The molecule has 0 aromatic heterocycles. The van der Waals surface area contributed by atoms with Gasteiger partial charge in [0.15, 0.2) is 17.5 Å². The Bertz CT molecular complexity index is 329. The Morgan fingerprint density at radius 1 is 1.12 bits per heavy atom. The average molecular weight is 231 g/mol. The van der Waals surface area contributed by atoms with Gasteiger partial charge in [0.25, 0.3) is 0 Å². The number of unbranched alkanes of at least 4 members (excludes halogenated alkanes) is 2. The fourth-order valence-corrected chi connectivity index (χ4v) is 1.57. The highest BCUT2D eigenvalue weighted by molar-refractivity contribution is 5.22. The first-order valence-electron chi connectivity index (χ1n) is 5.46. The number of hydrogen-bond donors (Lipinski definition) is 1. The molecule has 1 unspecified atom stereocenters. The largest absolute Gasteiger partial charge is 0.324 e. The van der Waals surface area contributed by atoms with Crippen LogP contribution in [0.25, 0.3) is 0 Å². The molecule has 90 valence electrons. The van der Waals surface area contributed by atoms with Crippen LogP contribution in [0.4, 0.5) is 13.2 Å². The maximum atomic E-state index is 12.9. The zero-order valence-corrected chi connectivity index (χ0v) is 9.27. The molecule has 1 atom stereocenters. The average Bonchev–Trinajstić information content (AvgIpc) is 2.25. The summed E-state index contributed by atoms with van der Waals surface area (Å²) in [4.78, 5) is 0. The van der Waals surface area contributed by atoms with Crippen molar-refractivity contribution in [2.24, 2.45) is 5.73 Å². The lowest BCUT2D eigenvalue weighted by atomic mass is 10.0. The minimum atomic E-state index is -1.44. The topological polar surface area (TPSA) is 26.0 Å². The van der Waals surface area contributed by atoms with E-state index >= 15 is 0 Å². The fourth-order valence-electron chi connectivity index (χ4n) is 1.57. The molecular weight excluding hydrogens is 215 g/mol. The molecular formula is C12H16F3N. The molecule has 0 saturated carbocycles. The van der Waals surface area contributed by atoms with E-state index in [2.05, 4.69) is 6.92 Å². The van der Waals surface area contributed by atoms with Crippen LogP contribution in [0.5, 0.6) is 0 Å². The number of benzene rings is 1. The fraction of sp³-hybridized carbons (Fsp3) is 0.500. The maximum absolute atomic E-state index is 12.9. The highest BCUT2D eigenvalue weighted by Gasteiger charge is 2.14. The van der Waals surface area contributed by atoms with Crippen molar-refractivity contribution in [3.05, 3.63) is 35.1 Å². The first-order valence-corrected chi connectivity index (χ1v) is 5.46. The van der Waals surface area contributed by atoms with Gasteiger partial charge >= 0.3 is 0 Å². The molecule has 0 saturated heterocycles. The van der Waals surface area contributed by atoms with Crippen molar-refractivity contribution in [2.45, 2.75) is 38.6 Å². The Balaban J connectivity index is 2.72. The maximum Gasteiger partial charge on any atom is 0.194 e. The van der Waals surface area contributed by atoms with E-state index in [0.717, 1.165) is 31.4 Å². The van der Waals surface area contributed by atoms with Crippen LogP contribution in [0.2, 0.25) is 0 Å². The summed E-state index contributed by atoms with van der Waals surface area (Å²) >= 11 is 0. The van der Waals surface area contributed by atoms with Crippen LogP contribution in [-0.4, -0.2) is 0 Å². The molecule has 0 heterocycles. The number of hydrogen-bond acceptors (Lipinski definition) is 1. The smallest absolute Gasteiger partial charge is 0.194 e. The Labute approximate surface area is 93.5 Å². The van der Waals surface area contributed by atoms with E-state index < -0.39 is 23.5 Å². The third-order valence-corrected chi connectivity index (χ3v) is 2.55. The zero-order valence-electron chi connectivity index (χ0n) is 9.27. The van der Waals surface area contributed by atoms with Crippen molar-refractivity contribution in [1.82, 2.24) is 0 Å². The molecule has 0 amide bonds. The molecule has 1 nitrogen and oxygen atoms in total. The molecule has 2 N–H and O–H groups in total. The second kappa shape index (κ2) is 5.89. The molecule has 0 aliphatic heterocycles. The monoisotopic (exact) mass is 231 g/mol. The van der Waals surface area contributed by atoms with Gasteiger partial charge in [0.05, 0.1) is 0 Å². The normalized spacial score (nSPS) is 12.8. The molecule has 1 aromatic carbocycles. The van der Waals surface area contributed by atoms with Crippen LogP contribution in [0.15, 0.2) is 12.1 Å². The minimum Gasteiger partial charge on any atom is -0.324 e. The SMILES string of the molecule is CCCCCC(N)c1cc(F)c(F)c(F)c1. The molecule has 4 heteroatoms. The quantitative estimate of drug-likeness (QED) is 0.607. The van der Waals surface area contributed by atoms with Gasteiger partial charge in [-0.2, -0.15) is 0 Å². The van der Waals surface area contributed by atoms with E-state index in [1.807, 2.05) is 0 Å². The molecule has 16 heavy (non-hydrogen) atoms. The van der Waals surface area contributed by atoms with E-state index in [1.165, 1.54) is 0 Å². The van der Waals surface area contributed by atoms with Gasteiger partial charge in [-0.15, -0.1) is 0 Å². The molecule has 0 aliphatic rings. The van der Waals surface area contributed by atoms with Crippen LogP contribution >= 0.6 is 0 Å². The summed E-state index contributed by atoms with van der Waals surface area (Å²) in [5.74, 6) is -3.80. The Morgan fingerprint density at radius 3 is 2.19 bits per heavy atom. The Hall–Kier alpha value is -1.03. The first kappa shape index (κ1) is 13.0.